The first kappa shape index (κ1) is 11.4. The maximum atomic E-state index is 5.65. The molecule has 2 atom stereocenters. The van der Waals surface area contributed by atoms with E-state index in [0.717, 1.165) is 6.42 Å². The van der Waals surface area contributed by atoms with Crippen LogP contribution in [0.3, 0.4) is 0 Å². The Bertz CT molecular complexity index is 360. The van der Waals surface area contributed by atoms with E-state index < -0.39 is 0 Å². The average molecular weight is 216 g/mol. The van der Waals surface area contributed by atoms with E-state index in [1.165, 1.54) is 30.4 Å². The van der Waals surface area contributed by atoms with E-state index in [-0.39, 0.29) is 0 Å². The minimum absolute atomic E-state index is 0.318. The van der Waals surface area contributed by atoms with Crippen molar-refractivity contribution in [2.45, 2.75) is 37.6 Å². The summed E-state index contributed by atoms with van der Waals surface area (Å²) in [5.41, 5.74) is 5.90. The molecule has 1 aliphatic rings. The number of benzene rings is 1. The standard InChI is InChI=1S/C14H20N2/c1-2-6-14(16-15)13-10-5-8-11-7-3-4-9-12(11)13/h2-4,7,9,13-14,16H,1,5-6,8,10,15H2. The van der Waals surface area contributed by atoms with Crippen LogP contribution in [-0.2, 0) is 6.42 Å². The molecule has 0 spiro atoms. The summed E-state index contributed by atoms with van der Waals surface area (Å²) in [6.45, 7) is 3.80. The minimum atomic E-state index is 0.318. The highest BCUT2D eigenvalue weighted by atomic mass is 15.2. The maximum absolute atomic E-state index is 5.65. The van der Waals surface area contributed by atoms with E-state index >= 15 is 0 Å². The van der Waals surface area contributed by atoms with Gasteiger partial charge in [0.25, 0.3) is 0 Å². The van der Waals surface area contributed by atoms with Crippen molar-refractivity contribution in [2.24, 2.45) is 5.84 Å². The highest BCUT2D eigenvalue weighted by molar-refractivity contribution is 5.33. The van der Waals surface area contributed by atoms with E-state index in [1.807, 2.05) is 6.08 Å². The molecule has 0 saturated heterocycles. The van der Waals surface area contributed by atoms with Gasteiger partial charge in [-0.25, -0.2) is 0 Å². The van der Waals surface area contributed by atoms with Crippen molar-refractivity contribution in [3.05, 3.63) is 48.0 Å². The SMILES string of the molecule is C=CCC(NN)C1CCCc2ccccc21. The number of rotatable bonds is 4. The number of hydrogen-bond donors (Lipinski definition) is 2. The van der Waals surface area contributed by atoms with Crippen LogP contribution >= 0.6 is 0 Å². The number of nitrogens with two attached hydrogens (primary N) is 1. The van der Waals surface area contributed by atoms with E-state index in [2.05, 4.69) is 36.3 Å². The van der Waals surface area contributed by atoms with Gasteiger partial charge in [0.15, 0.2) is 0 Å². The van der Waals surface area contributed by atoms with Gasteiger partial charge in [-0.1, -0.05) is 30.3 Å². The second kappa shape index (κ2) is 5.28. The topological polar surface area (TPSA) is 38.0 Å². The molecule has 0 fully saturated rings. The van der Waals surface area contributed by atoms with Gasteiger partial charge in [-0.05, 0) is 36.8 Å². The van der Waals surface area contributed by atoms with E-state index in [0.29, 0.717) is 12.0 Å². The molecular weight excluding hydrogens is 196 g/mol. The van der Waals surface area contributed by atoms with Crippen LogP contribution in [-0.4, -0.2) is 6.04 Å². The zero-order valence-electron chi connectivity index (χ0n) is 9.65. The van der Waals surface area contributed by atoms with Crippen molar-refractivity contribution in [3.8, 4) is 0 Å². The average Bonchev–Trinajstić information content (AvgIpc) is 2.35. The molecule has 0 aliphatic heterocycles. The third-order valence-corrected chi connectivity index (χ3v) is 3.54. The van der Waals surface area contributed by atoms with Crippen LogP contribution in [0.25, 0.3) is 0 Å². The fraction of sp³-hybridized carbons (Fsp3) is 0.429. The summed E-state index contributed by atoms with van der Waals surface area (Å²) in [6, 6.07) is 9.05. The molecule has 3 N–H and O–H groups in total. The Morgan fingerprint density at radius 2 is 2.31 bits per heavy atom. The molecule has 1 aliphatic carbocycles. The zero-order valence-corrected chi connectivity index (χ0v) is 9.65. The Balaban J connectivity index is 2.26. The van der Waals surface area contributed by atoms with Crippen LogP contribution in [0.4, 0.5) is 0 Å². The van der Waals surface area contributed by atoms with Gasteiger partial charge in [0.1, 0.15) is 0 Å². The molecule has 86 valence electrons. The van der Waals surface area contributed by atoms with Crippen molar-refractivity contribution in [1.82, 2.24) is 5.43 Å². The summed E-state index contributed by atoms with van der Waals surface area (Å²) in [6.07, 6.45) is 6.56. The fourth-order valence-electron chi connectivity index (χ4n) is 2.74. The molecule has 0 bridgehead atoms. The first-order chi connectivity index (χ1) is 7.86. The highest BCUT2D eigenvalue weighted by Gasteiger charge is 2.25. The van der Waals surface area contributed by atoms with Crippen molar-refractivity contribution < 1.29 is 0 Å². The third-order valence-electron chi connectivity index (χ3n) is 3.54. The zero-order chi connectivity index (χ0) is 11.4. The number of hydrogen-bond acceptors (Lipinski definition) is 2. The van der Waals surface area contributed by atoms with Crippen LogP contribution in [0, 0.1) is 0 Å². The summed E-state index contributed by atoms with van der Waals surface area (Å²) >= 11 is 0. The van der Waals surface area contributed by atoms with Gasteiger partial charge >= 0.3 is 0 Å². The first-order valence-electron chi connectivity index (χ1n) is 6.01. The Kier molecular flexibility index (Phi) is 3.75. The van der Waals surface area contributed by atoms with Crippen molar-refractivity contribution >= 4 is 0 Å². The number of nitrogens with one attached hydrogen (secondary N) is 1. The molecule has 0 amide bonds. The Hall–Kier alpha value is -1.12. The van der Waals surface area contributed by atoms with E-state index in [9.17, 15) is 0 Å². The van der Waals surface area contributed by atoms with Gasteiger partial charge in [0.2, 0.25) is 0 Å². The lowest BCUT2D eigenvalue weighted by Gasteiger charge is -2.31. The molecule has 2 heteroatoms. The van der Waals surface area contributed by atoms with Crippen LogP contribution in [0.1, 0.15) is 36.3 Å². The number of fused-ring (bicyclic) bond motifs is 1. The molecule has 1 aromatic carbocycles. The summed E-state index contributed by atoms with van der Waals surface area (Å²) in [7, 11) is 0. The van der Waals surface area contributed by atoms with Crippen LogP contribution in [0.15, 0.2) is 36.9 Å². The second-order valence-electron chi connectivity index (χ2n) is 4.50. The third kappa shape index (κ3) is 2.18. The Morgan fingerprint density at radius 3 is 3.06 bits per heavy atom. The molecule has 2 unspecified atom stereocenters. The first-order valence-corrected chi connectivity index (χ1v) is 6.01. The molecule has 16 heavy (non-hydrogen) atoms. The molecule has 0 heterocycles. The lowest BCUT2D eigenvalue weighted by Crippen LogP contribution is -2.40. The number of hydrazine groups is 1. The van der Waals surface area contributed by atoms with Crippen LogP contribution < -0.4 is 11.3 Å². The van der Waals surface area contributed by atoms with Crippen LogP contribution in [0.5, 0.6) is 0 Å². The van der Waals surface area contributed by atoms with Crippen molar-refractivity contribution in [1.29, 1.82) is 0 Å². The molecule has 0 saturated carbocycles. The lowest BCUT2D eigenvalue weighted by atomic mass is 9.78. The van der Waals surface area contributed by atoms with Gasteiger partial charge in [0, 0.05) is 12.0 Å². The molecule has 2 nitrogen and oxygen atoms in total. The fourth-order valence-corrected chi connectivity index (χ4v) is 2.74. The minimum Gasteiger partial charge on any atom is -0.271 e. The van der Waals surface area contributed by atoms with Gasteiger partial charge < -0.3 is 0 Å². The molecule has 0 aromatic heterocycles. The molecule has 0 radical (unpaired) electrons. The van der Waals surface area contributed by atoms with Crippen molar-refractivity contribution in [3.63, 3.8) is 0 Å². The summed E-state index contributed by atoms with van der Waals surface area (Å²) < 4.78 is 0. The van der Waals surface area contributed by atoms with Gasteiger partial charge in [-0.3, -0.25) is 11.3 Å². The molecule has 2 rings (SSSR count). The lowest BCUT2D eigenvalue weighted by molar-refractivity contribution is 0.399. The Labute approximate surface area is 97.5 Å². The van der Waals surface area contributed by atoms with Crippen LogP contribution in [0.2, 0.25) is 0 Å². The number of aryl methyl sites for hydroxylation is 1. The normalized spacial score (nSPS) is 21.2. The van der Waals surface area contributed by atoms with Gasteiger partial charge in [-0.15, -0.1) is 6.58 Å². The van der Waals surface area contributed by atoms with Gasteiger partial charge in [0.05, 0.1) is 0 Å². The van der Waals surface area contributed by atoms with Gasteiger partial charge in [-0.2, -0.15) is 0 Å². The second-order valence-corrected chi connectivity index (χ2v) is 4.50. The maximum Gasteiger partial charge on any atom is 0.0313 e. The van der Waals surface area contributed by atoms with E-state index in [1.54, 1.807) is 0 Å². The smallest absolute Gasteiger partial charge is 0.0313 e. The predicted molar refractivity (Wildman–Crippen MR) is 68.0 cm³/mol. The molecule has 1 aromatic rings. The predicted octanol–water partition coefficient (Wildman–Crippen LogP) is 2.51. The van der Waals surface area contributed by atoms with E-state index in [4.69, 9.17) is 5.84 Å². The largest absolute Gasteiger partial charge is 0.271 e. The summed E-state index contributed by atoms with van der Waals surface area (Å²) in [4.78, 5) is 0. The summed E-state index contributed by atoms with van der Waals surface area (Å²) in [5.74, 6) is 6.18. The highest BCUT2D eigenvalue weighted by Crippen LogP contribution is 2.34. The monoisotopic (exact) mass is 216 g/mol. The van der Waals surface area contributed by atoms with Crippen molar-refractivity contribution in [2.75, 3.05) is 0 Å². The quantitative estimate of drug-likeness (QED) is 0.461. The molecular formula is C14H20N2. The summed E-state index contributed by atoms with van der Waals surface area (Å²) in [5, 5.41) is 0. The Morgan fingerprint density at radius 1 is 1.50 bits per heavy atom.